The highest BCUT2D eigenvalue weighted by Crippen LogP contribution is 2.26. The summed E-state index contributed by atoms with van der Waals surface area (Å²) in [5, 5.41) is 18.5. The van der Waals surface area contributed by atoms with Gasteiger partial charge in [-0.05, 0) is 24.3 Å². The topological polar surface area (TPSA) is 84.9 Å². The van der Waals surface area contributed by atoms with Crippen LogP contribution in [0.25, 0.3) is 22.7 Å². The number of halogens is 3. The standard InChI is InChI=1S/C22H20F3N7O.C2H6/c23-18-11-15(21-28-29-22(33-21)20(24)25)4-5-16(18)12-32-13-19(27-30-32)14-2-1-3-17(10-14)31-8-6-26-7-9-31;1-2/h1-5,10-11,13,20,26H,6-9,12H2;1-2H3. The highest BCUT2D eigenvalue weighted by molar-refractivity contribution is 5.65. The van der Waals surface area contributed by atoms with Crippen LogP contribution >= 0.6 is 0 Å². The molecular formula is C24H26F3N7O. The van der Waals surface area contributed by atoms with Crippen LogP contribution in [-0.4, -0.2) is 51.4 Å². The quantitative estimate of drug-likeness (QED) is 0.429. The number of benzene rings is 2. The zero-order valence-corrected chi connectivity index (χ0v) is 19.5. The molecule has 0 atom stereocenters. The molecule has 1 fully saturated rings. The van der Waals surface area contributed by atoms with Crippen molar-refractivity contribution in [1.29, 1.82) is 0 Å². The molecule has 4 aromatic rings. The van der Waals surface area contributed by atoms with Crippen molar-refractivity contribution in [2.75, 3.05) is 31.1 Å². The lowest BCUT2D eigenvalue weighted by Gasteiger charge is -2.29. The van der Waals surface area contributed by atoms with E-state index in [1.54, 1.807) is 10.9 Å². The second-order valence-corrected chi connectivity index (χ2v) is 7.64. The minimum absolute atomic E-state index is 0.155. The first-order valence-corrected chi connectivity index (χ1v) is 11.4. The highest BCUT2D eigenvalue weighted by atomic mass is 19.3. The summed E-state index contributed by atoms with van der Waals surface area (Å²) in [6.07, 6.45) is -1.12. The first kappa shape index (κ1) is 24.4. The van der Waals surface area contributed by atoms with E-state index in [0.29, 0.717) is 11.3 Å². The maximum Gasteiger partial charge on any atom is 0.314 e. The Morgan fingerprint density at radius 3 is 2.51 bits per heavy atom. The van der Waals surface area contributed by atoms with Crippen molar-refractivity contribution < 1.29 is 17.6 Å². The average molecular weight is 486 g/mol. The Kier molecular flexibility index (Phi) is 7.76. The van der Waals surface area contributed by atoms with Gasteiger partial charge in [-0.3, -0.25) is 0 Å². The predicted octanol–water partition coefficient (Wildman–Crippen LogP) is 4.56. The number of anilines is 1. The third-order valence-corrected chi connectivity index (χ3v) is 5.42. The summed E-state index contributed by atoms with van der Waals surface area (Å²) in [6, 6.07) is 12.3. The van der Waals surface area contributed by atoms with Gasteiger partial charge >= 0.3 is 6.43 Å². The second-order valence-electron chi connectivity index (χ2n) is 7.64. The molecule has 2 aromatic carbocycles. The predicted molar refractivity (Wildman–Crippen MR) is 126 cm³/mol. The monoisotopic (exact) mass is 485 g/mol. The zero-order chi connectivity index (χ0) is 24.8. The molecule has 5 rings (SSSR count). The Bertz CT molecular complexity index is 1250. The Labute approximate surface area is 200 Å². The summed E-state index contributed by atoms with van der Waals surface area (Å²) < 4.78 is 46.4. The molecule has 0 spiro atoms. The van der Waals surface area contributed by atoms with Crippen molar-refractivity contribution >= 4 is 5.69 Å². The molecule has 8 nitrogen and oxygen atoms in total. The lowest BCUT2D eigenvalue weighted by molar-refractivity contribution is 0.116. The summed E-state index contributed by atoms with van der Waals surface area (Å²) >= 11 is 0. The summed E-state index contributed by atoms with van der Waals surface area (Å²) in [7, 11) is 0. The minimum Gasteiger partial charge on any atom is -0.415 e. The molecule has 2 aromatic heterocycles. The minimum atomic E-state index is -2.88. The van der Waals surface area contributed by atoms with Crippen LogP contribution in [0.1, 0.15) is 31.7 Å². The molecule has 1 N–H and O–H groups in total. The van der Waals surface area contributed by atoms with E-state index < -0.39 is 18.1 Å². The molecule has 0 radical (unpaired) electrons. The van der Waals surface area contributed by atoms with Crippen LogP contribution in [0.2, 0.25) is 0 Å². The van der Waals surface area contributed by atoms with Gasteiger partial charge < -0.3 is 14.6 Å². The molecule has 0 bridgehead atoms. The average Bonchev–Trinajstić information content (AvgIpc) is 3.58. The number of rotatable bonds is 6. The molecule has 0 amide bonds. The molecule has 0 saturated carbocycles. The van der Waals surface area contributed by atoms with Crippen LogP contribution in [0.4, 0.5) is 18.9 Å². The molecular weight excluding hydrogens is 459 g/mol. The van der Waals surface area contributed by atoms with Crippen LogP contribution in [-0.2, 0) is 6.54 Å². The van der Waals surface area contributed by atoms with E-state index in [1.807, 2.05) is 26.0 Å². The first-order chi connectivity index (χ1) is 17.1. The van der Waals surface area contributed by atoms with Crippen LogP contribution in [0.15, 0.2) is 53.1 Å². The summed E-state index contributed by atoms with van der Waals surface area (Å²) in [6.45, 7) is 7.94. The third kappa shape index (κ3) is 5.68. The van der Waals surface area contributed by atoms with Gasteiger partial charge in [0, 0.05) is 48.6 Å². The van der Waals surface area contributed by atoms with Gasteiger partial charge in [0.25, 0.3) is 5.89 Å². The fourth-order valence-electron chi connectivity index (χ4n) is 3.72. The fourth-order valence-corrected chi connectivity index (χ4v) is 3.72. The molecule has 1 aliphatic rings. The Morgan fingerprint density at radius 2 is 1.80 bits per heavy atom. The molecule has 0 unspecified atom stereocenters. The molecule has 11 heteroatoms. The van der Waals surface area contributed by atoms with Gasteiger partial charge in [-0.25, -0.2) is 9.07 Å². The summed E-state index contributed by atoms with van der Waals surface area (Å²) in [4.78, 5) is 2.31. The van der Waals surface area contributed by atoms with Crippen molar-refractivity contribution in [2.24, 2.45) is 0 Å². The number of alkyl halides is 2. The van der Waals surface area contributed by atoms with Gasteiger partial charge in [-0.1, -0.05) is 37.3 Å². The largest absolute Gasteiger partial charge is 0.415 e. The zero-order valence-electron chi connectivity index (χ0n) is 19.5. The third-order valence-electron chi connectivity index (χ3n) is 5.42. The lowest BCUT2D eigenvalue weighted by Crippen LogP contribution is -2.43. The van der Waals surface area contributed by atoms with Gasteiger partial charge in [0.05, 0.1) is 12.7 Å². The number of hydrogen-bond acceptors (Lipinski definition) is 7. The number of aromatic nitrogens is 5. The second kappa shape index (κ2) is 11.1. The van der Waals surface area contributed by atoms with Gasteiger partial charge in [-0.2, -0.15) is 8.78 Å². The number of nitrogens with one attached hydrogen (secondary N) is 1. The Balaban J connectivity index is 0.00000141. The smallest absolute Gasteiger partial charge is 0.314 e. The van der Waals surface area contributed by atoms with Crippen LogP contribution in [0, 0.1) is 5.82 Å². The van der Waals surface area contributed by atoms with Crippen molar-refractivity contribution in [1.82, 2.24) is 30.5 Å². The van der Waals surface area contributed by atoms with Crippen molar-refractivity contribution in [3.8, 4) is 22.7 Å². The molecule has 1 saturated heterocycles. The number of nitrogens with zero attached hydrogens (tertiary/aromatic N) is 6. The van der Waals surface area contributed by atoms with Gasteiger partial charge in [-0.15, -0.1) is 15.3 Å². The van der Waals surface area contributed by atoms with E-state index in [1.165, 1.54) is 18.2 Å². The van der Waals surface area contributed by atoms with E-state index in [0.717, 1.165) is 37.4 Å². The summed E-state index contributed by atoms with van der Waals surface area (Å²) in [5.74, 6) is -1.50. The maximum atomic E-state index is 14.7. The van der Waals surface area contributed by atoms with E-state index in [9.17, 15) is 13.2 Å². The Hall–Kier alpha value is -3.73. The number of hydrogen-bond donors (Lipinski definition) is 1. The molecule has 184 valence electrons. The van der Waals surface area contributed by atoms with Gasteiger partial charge in [0.2, 0.25) is 5.89 Å². The van der Waals surface area contributed by atoms with Crippen molar-refractivity contribution in [3.05, 3.63) is 65.9 Å². The SMILES string of the molecule is CC.Fc1cc(-c2nnc(C(F)F)o2)ccc1Cn1cc(-c2cccc(N3CCNCC3)c2)nn1. The van der Waals surface area contributed by atoms with Crippen LogP contribution in [0.5, 0.6) is 0 Å². The van der Waals surface area contributed by atoms with Crippen molar-refractivity contribution in [2.45, 2.75) is 26.8 Å². The van der Waals surface area contributed by atoms with Gasteiger partial charge in [0.1, 0.15) is 11.5 Å². The molecule has 35 heavy (non-hydrogen) atoms. The van der Waals surface area contributed by atoms with Crippen LogP contribution in [0.3, 0.4) is 0 Å². The first-order valence-electron chi connectivity index (χ1n) is 11.4. The fraction of sp³-hybridized carbons (Fsp3) is 0.333. The Morgan fingerprint density at radius 1 is 1.00 bits per heavy atom. The molecule has 3 heterocycles. The summed E-state index contributed by atoms with van der Waals surface area (Å²) in [5.41, 5.74) is 3.33. The van der Waals surface area contributed by atoms with E-state index in [4.69, 9.17) is 4.42 Å². The normalized spacial score (nSPS) is 13.6. The lowest BCUT2D eigenvalue weighted by atomic mass is 10.1. The van der Waals surface area contributed by atoms with Crippen molar-refractivity contribution in [3.63, 3.8) is 0 Å². The molecule has 1 aliphatic heterocycles. The van der Waals surface area contributed by atoms with E-state index in [-0.39, 0.29) is 18.0 Å². The number of piperazine rings is 1. The van der Waals surface area contributed by atoms with E-state index >= 15 is 0 Å². The van der Waals surface area contributed by atoms with Gasteiger partial charge in [0.15, 0.2) is 0 Å². The van der Waals surface area contributed by atoms with Crippen LogP contribution < -0.4 is 10.2 Å². The van der Waals surface area contributed by atoms with E-state index in [2.05, 4.69) is 42.9 Å². The molecule has 0 aliphatic carbocycles. The highest BCUT2D eigenvalue weighted by Gasteiger charge is 2.18. The maximum absolute atomic E-state index is 14.7.